The summed E-state index contributed by atoms with van der Waals surface area (Å²) < 4.78 is 25.4. The Bertz CT molecular complexity index is 1250. The summed E-state index contributed by atoms with van der Waals surface area (Å²) in [5.74, 6) is -0.153. The number of anilines is 2. The summed E-state index contributed by atoms with van der Waals surface area (Å²) in [7, 11) is 0. The Labute approximate surface area is 216 Å². The van der Waals surface area contributed by atoms with Crippen molar-refractivity contribution in [2.45, 2.75) is 19.4 Å². The van der Waals surface area contributed by atoms with E-state index in [4.69, 9.17) is 44.3 Å². The number of halogens is 4. The maximum absolute atomic E-state index is 14.3. The summed E-state index contributed by atoms with van der Waals surface area (Å²) in [6, 6.07) is 14.2. The van der Waals surface area contributed by atoms with Crippen molar-refractivity contribution >= 4 is 58.0 Å². The van der Waals surface area contributed by atoms with Crippen LogP contribution in [0.5, 0.6) is 11.5 Å². The van der Waals surface area contributed by atoms with Crippen molar-refractivity contribution in [3.63, 3.8) is 0 Å². The van der Waals surface area contributed by atoms with E-state index in [1.165, 1.54) is 17.0 Å². The van der Waals surface area contributed by atoms with Crippen molar-refractivity contribution in [2.24, 2.45) is 0 Å². The standard InChI is InChI=1S/C25H20Cl3FN2O4/c26-15-6-8-22(19(28)11-15)34-10-2-5-24(32)30-16-7-9-23-21(12-16)31(25(33)14-35-23)13-17-18(27)3-1-4-20(17)29/h1,3-4,6-9,11-12H,2,5,10,13-14H2,(H,30,32). The minimum Gasteiger partial charge on any atom is -0.492 e. The molecule has 6 nitrogen and oxygen atoms in total. The fourth-order valence-corrected chi connectivity index (χ4v) is 4.21. The summed E-state index contributed by atoms with van der Waals surface area (Å²) in [5.41, 5.74) is 1.09. The van der Waals surface area contributed by atoms with Crippen LogP contribution in [0.25, 0.3) is 0 Å². The number of hydrogen-bond acceptors (Lipinski definition) is 4. The molecule has 10 heteroatoms. The van der Waals surface area contributed by atoms with Gasteiger partial charge in [-0.2, -0.15) is 0 Å². The molecule has 3 aromatic carbocycles. The quantitative estimate of drug-likeness (QED) is 0.333. The van der Waals surface area contributed by atoms with Crippen molar-refractivity contribution in [3.05, 3.63) is 81.0 Å². The Balaban J connectivity index is 1.39. The summed E-state index contributed by atoms with van der Waals surface area (Å²) in [4.78, 5) is 26.4. The Morgan fingerprint density at radius 1 is 1.09 bits per heavy atom. The molecular weight excluding hydrogens is 518 g/mol. The molecule has 4 rings (SSSR count). The molecule has 3 aromatic rings. The van der Waals surface area contributed by atoms with Crippen molar-refractivity contribution in [2.75, 3.05) is 23.4 Å². The maximum atomic E-state index is 14.3. The van der Waals surface area contributed by atoms with Gasteiger partial charge in [0.25, 0.3) is 5.91 Å². The molecule has 0 atom stereocenters. The van der Waals surface area contributed by atoms with Crippen molar-refractivity contribution in [1.82, 2.24) is 0 Å². The van der Waals surface area contributed by atoms with Crippen LogP contribution in [-0.4, -0.2) is 25.0 Å². The third kappa shape index (κ3) is 6.17. The predicted octanol–water partition coefficient (Wildman–Crippen LogP) is 6.51. The lowest BCUT2D eigenvalue weighted by molar-refractivity contribution is -0.121. The van der Waals surface area contributed by atoms with E-state index in [-0.39, 0.29) is 42.0 Å². The number of carbonyl (C=O) groups excluding carboxylic acids is 2. The van der Waals surface area contributed by atoms with E-state index in [1.807, 2.05) is 0 Å². The van der Waals surface area contributed by atoms with E-state index in [9.17, 15) is 14.0 Å². The van der Waals surface area contributed by atoms with E-state index < -0.39 is 5.82 Å². The second-order valence-corrected chi connectivity index (χ2v) is 8.98. The second-order valence-electron chi connectivity index (χ2n) is 7.73. The molecule has 0 spiro atoms. The van der Waals surface area contributed by atoms with Crippen LogP contribution in [0.3, 0.4) is 0 Å². The highest BCUT2D eigenvalue weighted by atomic mass is 35.5. The normalized spacial score (nSPS) is 12.7. The van der Waals surface area contributed by atoms with Crippen molar-refractivity contribution < 1.29 is 23.5 Å². The van der Waals surface area contributed by atoms with Crippen molar-refractivity contribution in [3.8, 4) is 11.5 Å². The third-order valence-corrected chi connectivity index (χ3v) is 6.15. The van der Waals surface area contributed by atoms with Gasteiger partial charge in [0.1, 0.15) is 17.3 Å². The van der Waals surface area contributed by atoms with Gasteiger partial charge in [-0.25, -0.2) is 4.39 Å². The first kappa shape index (κ1) is 25.1. The number of amides is 2. The molecule has 0 aliphatic carbocycles. The van der Waals surface area contributed by atoms with Crippen LogP contribution in [0, 0.1) is 5.82 Å². The number of nitrogens with zero attached hydrogens (tertiary/aromatic N) is 1. The summed E-state index contributed by atoms with van der Waals surface area (Å²) in [5, 5.41) is 3.93. The molecule has 0 bridgehead atoms. The van der Waals surface area contributed by atoms with E-state index in [2.05, 4.69) is 5.32 Å². The van der Waals surface area contributed by atoms with E-state index in [1.54, 1.807) is 42.5 Å². The molecule has 35 heavy (non-hydrogen) atoms. The lowest BCUT2D eigenvalue weighted by Crippen LogP contribution is -2.38. The molecule has 1 N–H and O–H groups in total. The Kier molecular flexibility index (Phi) is 8.00. The van der Waals surface area contributed by atoms with Gasteiger partial charge in [-0.15, -0.1) is 0 Å². The number of ether oxygens (including phenoxy) is 2. The van der Waals surface area contributed by atoms with Crippen LogP contribution in [0.4, 0.5) is 15.8 Å². The lowest BCUT2D eigenvalue weighted by atomic mass is 10.1. The molecule has 0 saturated heterocycles. The second kappa shape index (κ2) is 11.2. The molecular formula is C25H20Cl3FN2O4. The van der Waals surface area contributed by atoms with Gasteiger partial charge >= 0.3 is 0 Å². The van der Waals surface area contributed by atoms with E-state index in [0.29, 0.717) is 45.9 Å². The topological polar surface area (TPSA) is 67.9 Å². The monoisotopic (exact) mass is 536 g/mol. The lowest BCUT2D eigenvalue weighted by Gasteiger charge is -2.30. The molecule has 0 aromatic heterocycles. The number of rotatable bonds is 8. The Morgan fingerprint density at radius 2 is 1.91 bits per heavy atom. The number of benzene rings is 3. The van der Waals surface area contributed by atoms with Crippen LogP contribution >= 0.6 is 34.8 Å². The molecule has 182 valence electrons. The molecule has 0 radical (unpaired) electrons. The fourth-order valence-electron chi connectivity index (χ4n) is 3.53. The fraction of sp³-hybridized carbons (Fsp3) is 0.200. The molecule has 1 heterocycles. The van der Waals surface area contributed by atoms with Gasteiger partial charge in [0.2, 0.25) is 5.91 Å². The SMILES string of the molecule is O=C(CCCOc1ccc(Cl)cc1Cl)Nc1ccc2c(c1)N(Cc1c(F)cccc1Cl)C(=O)CO2. The summed E-state index contributed by atoms with van der Waals surface area (Å²) in [6.07, 6.45) is 0.654. The zero-order valence-electron chi connectivity index (χ0n) is 18.3. The molecule has 1 aliphatic heterocycles. The molecule has 0 fully saturated rings. The number of hydrogen-bond donors (Lipinski definition) is 1. The van der Waals surface area contributed by atoms with E-state index in [0.717, 1.165) is 0 Å². The van der Waals surface area contributed by atoms with Crippen LogP contribution in [0.15, 0.2) is 54.6 Å². The third-order valence-electron chi connectivity index (χ3n) is 5.26. The first-order valence-electron chi connectivity index (χ1n) is 10.7. The number of carbonyl (C=O) groups is 2. The first-order chi connectivity index (χ1) is 16.8. The number of fused-ring (bicyclic) bond motifs is 1. The highest BCUT2D eigenvalue weighted by Gasteiger charge is 2.27. The predicted molar refractivity (Wildman–Crippen MR) is 134 cm³/mol. The minimum atomic E-state index is -0.509. The van der Waals surface area contributed by atoms with Crippen LogP contribution in [0.1, 0.15) is 18.4 Å². The maximum Gasteiger partial charge on any atom is 0.265 e. The van der Waals surface area contributed by atoms with Gasteiger partial charge in [-0.3, -0.25) is 9.59 Å². The van der Waals surface area contributed by atoms with Gasteiger partial charge in [-0.1, -0.05) is 40.9 Å². The van der Waals surface area contributed by atoms with E-state index >= 15 is 0 Å². The first-order valence-corrected chi connectivity index (χ1v) is 11.8. The number of nitrogens with one attached hydrogen (secondary N) is 1. The highest BCUT2D eigenvalue weighted by molar-refractivity contribution is 6.35. The van der Waals surface area contributed by atoms with Gasteiger partial charge in [0.05, 0.1) is 23.9 Å². The van der Waals surface area contributed by atoms with Crippen LogP contribution < -0.4 is 19.7 Å². The van der Waals surface area contributed by atoms with Gasteiger partial charge in [-0.05, 0) is 55.0 Å². The summed E-state index contributed by atoms with van der Waals surface area (Å²) >= 11 is 18.1. The summed E-state index contributed by atoms with van der Waals surface area (Å²) in [6.45, 7) is 0.0452. The Morgan fingerprint density at radius 3 is 2.69 bits per heavy atom. The Hall–Kier alpha value is -3.00. The van der Waals surface area contributed by atoms with Gasteiger partial charge < -0.3 is 19.7 Å². The zero-order valence-corrected chi connectivity index (χ0v) is 20.6. The highest BCUT2D eigenvalue weighted by Crippen LogP contribution is 2.36. The smallest absolute Gasteiger partial charge is 0.265 e. The molecule has 2 amide bonds. The van der Waals surface area contributed by atoms with Crippen LogP contribution in [-0.2, 0) is 16.1 Å². The van der Waals surface area contributed by atoms with Gasteiger partial charge in [0, 0.05) is 27.7 Å². The van der Waals surface area contributed by atoms with Crippen molar-refractivity contribution in [1.29, 1.82) is 0 Å². The average Bonchev–Trinajstić information content (AvgIpc) is 2.81. The zero-order chi connectivity index (χ0) is 24.9. The largest absolute Gasteiger partial charge is 0.492 e. The molecule has 1 aliphatic rings. The van der Waals surface area contributed by atoms with Crippen LogP contribution in [0.2, 0.25) is 15.1 Å². The minimum absolute atomic E-state index is 0.0668. The average molecular weight is 538 g/mol. The molecule has 0 unspecified atom stereocenters. The molecule has 0 saturated carbocycles. The van der Waals surface area contributed by atoms with Gasteiger partial charge in [0.15, 0.2) is 6.61 Å².